The van der Waals surface area contributed by atoms with Gasteiger partial charge in [-0.25, -0.2) is 4.79 Å². The number of unbranched alkanes of at least 4 members (excludes halogenated alkanes) is 10. The maximum atomic E-state index is 12.0. The fourth-order valence-electron chi connectivity index (χ4n) is 3.06. The lowest BCUT2D eigenvalue weighted by molar-refractivity contribution is -0.148. The van der Waals surface area contributed by atoms with Gasteiger partial charge in [-0.1, -0.05) is 71.1 Å². The van der Waals surface area contributed by atoms with Crippen molar-refractivity contribution in [3.8, 4) is 0 Å². The van der Waals surface area contributed by atoms with Crippen LogP contribution in [0.4, 0.5) is 0 Å². The Morgan fingerprint density at radius 1 is 0.821 bits per heavy atom. The minimum Gasteiger partial charge on any atom is -0.480 e. The molecule has 6 heteroatoms. The molecule has 0 aromatic heterocycles. The molecular weight excluding hydrogens is 358 g/mol. The minimum atomic E-state index is -1.12. The largest absolute Gasteiger partial charge is 0.480 e. The summed E-state index contributed by atoms with van der Waals surface area (Å²) in [6.45, 7) is 5.70. The van der Waals surface area contributed by atoms with Gasteiger partial charge in [0, 0.05) is 12.8 Å². The van der Waals surface area contributed by atoms with Crippen LogP contribution in [0.2, 0.25) is 0 Å². The molecule has 0 aliphatic heterocycles. The van der Waals surface area contributed by atoms with Crippen molar-refractivity contribution in [3.05, 3.63) is 0 Å². The Labute approximate surface area is 170 Å². The van der Waals surface area contributed by atoms with Gasteiger partial charge < -0.3 is 15.2 Å². The Kier molecular flexibility index (Phi) is 16.5. The van der Waals surface area contributed by atoms with Crippen molar-refractivity contribution < 1.29 is 24.2 Å². The summed E-state index contributed by atoms with van der Waals surface area (Å²) in [7, 11) is 0. The van der Waals surface area contributed by atoms with E-state index in [1.54, 1.807) is 13.8 Å². The van der Waals surface area contributed by atoms with Crippen LogP contribution in [0.3, 0.4) is 0 Å². The van der Waals surface area contributed by atoms with E-state index < -0.39 is 18.0 Å². The summed E-state index contributed by atoms with van der Waals surface area (Å²) in [6.07, 6.45) is 13.4. The first kappa shape index (κ1) is 26.4. The molecule has 0 aliphatic carbocycles. The summed E-state index contributed by atoms with van der Waals surface area (Å²) in [5.41, 5.74) is 0. The van der Waals surface area contributed by atoms with E-state index in [0.717, 1.165) is 19.3 Å². The van der Waals surface area contributed by atoms with E-state index in [2.05, 4.69) is 12.2 Å². The molecule has 0 bridgehead atoms. The molecule has 0 aromatic rings. The van der Waals surface area contributed by atoms with Crippen molar-refractivity contribution in [2.45, 2.75) is 123 Å². The van der Waals surface area contributed by atoms with Crippen molar-refractivity contribution >= 4 is 17.8 Å². The van der Waals surface area contributed by atoms with Gasteiger partial charge in [-0.3, -0.25) is 9.59 Å². The smallest absolute Gasteiger partial charge is 0.326 e. The number of carboxylic acids is 1. The molecule has 0 aliphatic rings. The van der Waals surface area contributed by atoms with Gasteiger partial charge in [0.15, 0.2) is 0 Å². The Balaban J connectivity index is 3.75. The number of hydrogen-bond donors (Lipinski definition) is 2. The van der Waals surface area contributed by atoms with E-state index in [4.69, 9.17) is 4.74 Å². The molecule has 1 atom stereocenters. The van der Waals surface area contributed by atoms with Gasteiger partial charge in [-0.15, -0.1) is 0 Å². The lowest BCUT2D eigenvalue weighted by Gasteiger charge is -2.15. The maximum Gasteiger partial charge on any atom is 0.326 e. The Morgan fingerprint density at radius 2 is 1.32 bits per heavy atom. The first-order valence-electron chi connectivity index (χ1n) is 11.1. The molecule has 0 rings (SSSR count). The van der Waals surface area contributed by atoms with Crippen LogP contribution in [0.15, 0.2) is 0 Å². The summed E-state index contributed by atoms with van der Waals surface area (Å²) in [5.74, 6) is -1.83. The van der Waals surface area contributed by atoms with Crippen molar-refractivity contribution in [2.24, 2.45) is 0 Å². The van der Waals surface area contributed by atoms with Crippen LogP contribution < -0.4 is 5.32 Å². The molecule has 0 fully saturated rings. The van der Waals surface area contributed by atoms with E-state index in [-0.39, 0.29) is 24.9 Å². The van der Waals surface area contributed by atoms with E-state index in [9.17, 15) is 19.5 Å². The third-order valence-corrected chi connectivity index (χ3v) is 4.64. The Morgan fingerprint density at radius 3 is 1.79 bits per heavy atom. The lowest BCUT2D eigenvalue weighted by atomic mass is 10.0. The molecule has 0 radical (unpaired) electrons. The van der Waals surface area contributed by atoms with Gasteiger partial charge in [0.05, 0.1) is 6.10 Å². The average Bonchev–Trinajstić information content (AvgIpc) is 2.62. The highest BCUT2D eigenvalue weighted by Crippen LogP contribution is 2.12. The monoisotopic (exact) mass is 399 g/mol. The molecule has 0 saturated heterocycles. The number of carbonyl (C=O) groups is 3. The van der Waals surface area contributed by atoms with Gasteiger partial charge in [-0.2, -0.15) is 0 Å². The number of nitrogens with one attached hydrogen (secondary N) is 1. The van der Waals surface area contributed by atoms with Crippen LogP contribution in [0, 0.1) is 0 Å². The van der Waals surface area contributed by atoms with E-state index in [1.165, 1.54) is 51.4 Å². The zero-order chi connectivity index (χ0) is 21.2. The number of rotatable bonds is 18. The number of esters is 1. The summed E-state index contributed by atoms with van der Waals surface area (Å²) in [4.78, 5) is 34.7. The van der Waals surface area contributed by atoms with Gasteiger partial charge >= 0.3 is 11.9 Å². The summed E-state index contributed by atoms with van der Waals surface area (Å²) in [6, 6.07) is -1.04. The molecule has 28 heavy (non-hydrogen) atoms. The molecule has 164 valence electrons. The maximum absolute atomic E-state index is 12.0. The molecule has 0 heterocycles. The van der Waals surface area contributed by atoms with Gasteiger partial charge in [0.1, 0.15) is 6.04 Å². The first-order chi connectivity index (χ1) is 13.4. The van der Waals surface area contributed by atoms with E-state index in [1.807, 2.05) is 0 Å². The zero-order valence-electron chi connectivity index (χ0n) is 18.1. The first-order valence-corrected chi connectivity index (χ1v) is 11.1. The highest BCUT2D eigenvalue weighted by atomic mass is 16.5. The van der Waals surface area contributed by atoms with E-state index in [0.29, 0.717) is 6.42 Å². The Bertz CT molecular complexity index is 437. The van der Waals surface area contributed by atoms with Crippen molar-refractivity contribution in [1.29, 1.82) is 0 Å². The van der Waals surface area contributed by atoms with Crippen molar-refractivity contribution in [2.75, 3.05) is 0 Å². The van der Waals surface area contributed by atoms with E-state index >= 15 is 0 Å². The Hall–Kier alpha value is -1.59. The van der Waals surface area contributed by atoms with Gasteiger partial charge in [-0.05, 0) is 26.7 Å². The summed E-state index contributed by atoms with van der Waals surface area (Å²) >= 11 is 0. The summed E-state index contributed by atoms with van der Waals surface area (Å²) in [5, 5.41) is 11.7. The topological polar surface area (TPSA) is 92.7 Å². The summed E-state index contributed by atoms with van der Waals surface area (Å²) < 4.78 is 4.98. The highest BCUT2D eigenvalue weighted by Gasteiger charge is 2.21. The molecular formula is C22H41NO5. The highest BCUT2D eigenvalue weighted by molar-refractivity contribution is 5.84. The van der Waals surface area contributed by atoms with Crippen molar-refractivity contribution in [1.82, 2.24) is 5.32 Å². The van der Waals surface area contributed by atoms with Crippen LogP contribution in [-0.4, -0.2) is 35.1 Å². The van der Waals surface area contributed by atoms with Crippen LogP contribution in [-0.2, 0) is 19.1 Å². The number of ether oxygens (including phenoxy) is 1. The molecule has 1 amide bonds. The van der Waals surface area contributed by atoms with Gasteiger partial charge in [0.25, 0.3) is 0 Å². The van der Waals surface area contributed by atoms with Crippen LogP contribution in [0.5, 0.6) is 0 Å². The standard InChI is InChI=1S/C22H41NO5/c1-4-5-6-7-8-9-10-11-12-13-14-15-20(24)23-19(22(26)27)16-17-21(25)28-18(2)3/h18-19H,4-17H2,1-3H3,(H,23,24)(H,26,27)/t19-/m0/s1. The fraction of sp³-hybridized carbons (Fsp3) is 0.864. The zero-order valence-corrected chi connectivity index (χ0v) is 18.1. The number of hydrogen-bond acceptors (Lipinski definition) is 4. The second-order valence-corrected chi connectivity index (χ2v) is 7.82. The number of amides is 1. The second-order valence-electron chi connectivity index (χ2n) is 7.82. The van der Waals surface area contributed by atoms with Crippen LogP contribution in [0.25, 0.3) is 0 Å². The number of carbonyl (C=O) groups excluding carboxylic acids is 2. The number of carboxylic acid groups (broad SMARTS) is 1. The normalized spacial score (nSPS) is 12.0. The molecule has 0 saturated carbocycles. The van der Waals surface area contributed by atoms with Crippen LogP contribution >= 0.6 is 0 Å². The predicted molar refractivity (Wildman–Crippen MR) is 111 cm³/mol. The second kappa shape index (κ2) is 17.5. The van der Waals surface area contributed by atoms with Crippen molar-refractivity contribution in [3.63, 3.8) is 0 Å². The van der Waals surface area contributed by atoms with Gasteiger partial charge in [0.2, 0.25) is 5.91 Å². The predicted octanol–water partition coefficient (Wildman–Crippen LogP) is 4.99. The molecule has 0 aromatic carbocycles. The molecule has 0 unspecified atom stereocenters. The third kappa shape index (κ3) is 16.6. The average molecular weight is 400 g/mol. The molecule has 6 nitrogen and oxygen atoms in total. The lowest BCUT2D eigenvalue weighted by Crippen LogP contribution is -2.41. The fourth-order valence-corrected chi connectivity index (χ4v) is 3.06. The molecule has 0 spiro atoms. The third-order valence-electron chi connectivity index (χ3n) is 4.64. The minimum absolute atomic E-state index is 0.0200. The van der Waals surface area contributed by atoms with Crippen LogP contribution in [0.1, 0.15) is 111 Å². The number of aliphatic carboxylic acids is 1. The molecule has 2 N–H and O–H groups in total. The quantitative estimate of drug-likeness (QED) is 0.250. The SMILES string of the molecule is CCCCCCCCCCCCCC(=O)N[C@@H](CCC(=O)OC(C)C)C(=O)O.